The van der Waals surface area contributed by atoms with E-state index in [0.29, 0.717) is 40.9 Å². The molecule has 12 heteroatoms. The molecule has 2 spiro atoms. The van der Waals surface area contributed by atoms with Gasteiger partial charge in [0, 0.05) is 12.8 Å². The van der Waals surface area contributed by atoms with E-state index in [4.69, 9.17) is 19.1 Å². The molecule has 0 saturated carbocycles. The molecule has 2 aliphatic heterocycles. The first-order valence-corrected chi connectivity index (χ1v) is 11.9. The Kier molecular flexibility index (Phi) is 6.04. The van der Waals surface area contributed by atoms with Gasteiger partial charge in [-0.1, -0.05) is 10.3 Å². The number of ether oxygens (including phenoxy) is 2. The van der Waals surface area contributed by atoms with E-state index in [2.05, 4.69) is 74.0 Å². The van der Waals surface area contributed by atoms with E-state index in [1.165, 1.54) is 14.2 Å². The van der Waals surface area contributed by atoms with Crippen molar-refractivity contribution in [3.05, 3.63) is 41.6 Å². The molecule has 4 atom stereocenters. The molecule has 2 heterocycles. The second-order valence-corrected chi connectivity index (χ2v) is 10.5. The summed E-state index contributed by atoms with van der Waals surface area (Å²) in [5, 5.41) is 30.0. The highest BCUT2D eigenvalue weighted by atomic mass is 79.9. The quantitative estimate of drug-likeness (QED) is 0.472. The van der Waals surface area contributed by atoms with Gasteiger partial charge in [-0.2, -0.15) is 0 Å². The average molecular weight is 676 g/mol. The molecule has 2 aliphatic carbocycles. The zero-order valence-electron chi connectivity index (χ0n) is 15.7. The molecule has 8 nitrogen and oxygen atoms in total. The van der Waals surface area contributed by atoms with E-state index in [0.717, 1.165) is 0 Å². The summed E-state index contributed by atoms with van der Waals surface area (Å²) in [6, 6.07) is 0. The van der Waals surface area contributed by atoms with Crippen molar-refractivity contribution in [3.63, 3.8) is 0 Å². The highest BCUT2D eigenvalue weighted by Crippen LogP contribution is 2.47. The monoisotopic (exact) mass is 672 g/mol. The number of rotatable bonds is 3. The number of allylic oxidation sites excluding steroid dienone is 2. The number of aliphatic hydroxyl groups is 2. The molecule has 0 aromatic heterocycles. The Hall–Kier alpha value is -0.660. The largest absolute Gasteiger partial charge is 0.495 e. The minimum Gasteiger partial charge on any atom is -0.495 e. The summed E-state index contributed by atoms with van der Waals surface area (Å²) < 4.78 is 12.8. The van der Waals surface area contributed by atoms with Gasteiger partial charge in [0.25, 0.3) is 0 Å². The maximum absolute atomic E-state index is 10.8. The van der Waals surface area contributed by atoms with Crippen LogP contribution in [0.25, 0.3) is 0 Å². The van der Waals surface area contributed by atoms with Gasteiger partial charge in [0.2, 0.25) is 0 Å². The van der Waals surface area contributed by atoms with E-state index in [1.807, 2.05) is 0 Å². The van der Waals surface area contributed by atoms with Gasteiger partial charge in [0.15, 0.2) is 11.2 Å². The normalized spacial score (nSPS) is 35.7. The van der Waals surface area contributed by atoms with Gasteiger partial charge in [0.05, 0.1) is 32.1 Å². The molecular weight excluding hydrogens is 660 g/mol. The third-order valence-corrected chi connectivity index (χ3v) is 8.06. The van der Waals surface area contributed by atoms with E-state index in [1.54, 1.807) is 12.2 Å². The van der Waals surface area contributed by atoms with Crippen molar-refractivity contribution < 1.29 is 29.4 Å². The van der Waals surface area contributed by atoms with Crippen molar-refractivity contribution >= 4 is 75.1 Å². The van der Waals surface area contributed by atoms with Crippen molar-refractivity contribution in [2.75, 3.05) is 14.2 Å². The van der Waals surface area contributed by atoms with Crippen LogP contribution in [0.3, 0.4) is 0 Å². The molecule has 0 fully saturated rings. The Morgan fingerprint density at radius 3 is 1.53 bits per heavy atom. The molecule has 0 amide bonds. The van der Waals surface area contributed by atoms with Gasteiger partial charge in [-0.3, -0.25) is 0 Å². The molecule has 4 rings (SSSR count). The first-order valence-electron chi connectivity index (χ1n) is 8.69. The lowest BCUT2D eigenvalue weighted by Gasteiger charge is -2.33. The van der Waals surface area contributed by atoms with Crippen LogP contribution in [0.1, 0.15) is 12.8 Å². The summed E-state index contributed by atoms with van der Waals surface area (Å²) in [5.74, 6) is 0.966. The standard InChI is InChI=1S/C18H16Br4N2O6/c1-27-13-7(19)3-17(15(25)11(13)21)5-9(23-29-17)10-6-18(30-24-10)4-8(20)14(28-2)12(22)16(18)26/h3-4,15-16,25-26H,5-6H2,1-2H3. The molecule has 2 N–H and O–H groups in total. The highest BCUT2D eigenvalue weighted by Gasteiger charge is 2.54. The van der Waals surface area contributed by atoms with Gasteiger partial charge in [-0.05, 0) is 75.9 Å². The predicted molar refractivity (Wildman–Crippen MR) is 124 cm³/mol. The van der Waals surface area contributed by atoms with Crippen LogP contribution in [0.15, 0.2) is 51.9 Å². The topological polar surface area (TPSA) is 102 Å². The predicted octanol–water partition coefficient (Wildman–Crippen LogP) is 3.83. The summed E-state index contributed by atoms with van der Waals surface area (Å²) >= 11 is 13.7. The number of halogens is 4. The van der Waals surface area contributed by atoms with E-state index in [9.17, 15) is 10.2 Å². The molecule has 4 aliphatic rings. The lowest BCUT2D eigenvalue weighted by Crippen LogP contribution is -2.45. The van der Waals surface area contributed by atoms with Crippen LogP contribution in [0.2, 0.25) is 0 Å². The zero-order valence-corrected chi connectivity index (χ0v) is 22.0. The van der Waals surface area contributed by atoms with Gasteiger partial charge in [-0.25, -0.2) is 0 Å². The molecule has 0 saturated heterocycles. The SMILES string of the molecule is COC1=C(Br)C(O)C2(C=C1Br)CC(C1=NOC3(C=C(Br)C(OC)=C(Br)C3O)C1)=NO2. The molecule has 0 radical (unpaired) electrons. The second-order valence-electron chi connectivity index (χ2n) is 7.07. The van der Waals surface area contributed by atoms with Crippen LogP contribution in [0.5, 0.6) is 0 Å². The fourth-order valence-electron chi connectivity index (χ4n) is 3.70. The van der Waals surface area contributed by atoms with Crippen molar-refractivity contribution in [2.45, 2.75) is 36.3 Å². The third kappa shape index (κ3) is 3.34. The Labute approximate surface area is 205 Å². The van der Waals surface area contributed by atoms with Crippen molar-refractivity contribution in [3.8, 4) is 0 Å². The molecular formula is C18H16Br4N2O6. The molecule has 0 aromatic rings. The van der Waals surface area contributed by atoms with Crippen LogP contribution in [-0.4, -0.2) is 59.3 Å². The fraction of sp³-hybridized carbons (Fsp3) is 0.444. The summed E-state index contributed by atoms with van der Waals surface area (Å²) in [6.45, 7) is 0. The van der Waals surface area contributed by atoms with Gasteiger partial charge in [-0.15, -0.1) is 0 Å². The summed E-state index contributed by atoms with van der Waals surface area (Å²) in [4.78, 5) is 11.4. The minimum absolute atomic E-state index is 0.259. The number of nitrogens with zero attached hydrogens (tertiary/aromatic N) is 2. The summed E-state index contributed by atoms with van der Waals surface area (Å²) in [6.07, 6.45) is 1.91. The Morgan fingerprint density at radius 1 is 0.833 bits per heavy atom. The van der Waals surface area contributed by atoms with Crippen LogP contribution in [0.4, 0.5) is 0 Å². The number of hydrogen-bond acceptors (Lipinski definition) is 8. The summed E-state index contributed by atoms with van der Waals surface area (Å²) in [5.41, 5.74) is -1.17. The van der Waals surface area contributed by atoms with Crippen LogP contribution < -0.4 is 0 Å². The van der Waals surface area contributed by atoms with Crippen LogP contribution in [0, 0.1) is 0 Å². The van der Waals surface area contributed by atoms with Crippen molar-refractivity contribution in [1.29, 1.82) is 0 Å². The smallest absolute Gasteiger partial charge is 0.193 e. The Morgan fingerprint density at radius 2 is 1.20 bits per heavy atom. The van der Waals surface area contributed by atoms with Crippen LogP contribution >= 0.6 is 63.7 Å². The van der Waals surface area contributed by atoms with E-state index < -0.39 is 23.4 Å². The molecule has 0 aromatic carbocycles. The van der Waals surface area contributed by atoms with Gasteiger partial charge >= 0.3 is 0 Å². The Balaban J connectivity index is 1.55. The maximum Gasteiger partial charge on any atom is 0.193 e. The summed E-state index contributed by atoms with van der Waals surface area (Å²) in [7, 11) is 3.03. The Bertz CT molecular complexity index is 909. The number of methoxy groups -OCH3 is 2. The van der Waals surface area contributed by atoms with Crippen molar-refractivity contribution in [2.24, 2.45) is 10.3 Å². The lowest BCUT2D eigenvalue weighted by molar-refractivity contribution is -0.0570. The number of oxime groups is 2. The first kappa shape index (κ1) is 22.5. The lowest BCUT2D eigenvalue weighted by atomic mass is 9.82. The third-order valence-electron chi connectivity index (χ3n) is 5.30. The zero-order chi connectivity index (χ0) is 21.8. The van der Waals surface area contributed by atoms with Gasteiger partial charge in [0.1, 0.15) is 35.1 Å². The van der Waals surface area contributed by atoms with E-state index >= 15 is 0 Å². The fourth-order valence-corrected chi connectivity index (χ4v) is 7.29. The average Bonchev–Trinajstić information content (AvgIpc) is 3.31. The molecule has 30 heavy (non-hydrogen) atoms. The highest BCUT2D eigenvalue weighted by molar-refractivity contribution is 9.12. The molecule has 0 bridgehead atoms. The van der Waals surface area contributed by atoms with Crippen LogP contribution in [-0.2, 0) is 19.1 Å². The molecule has 4 unspecified atom stereocenters. The minimum atomic E-state index is -1.11. The van der Waals surface area contributed by atoms with Gasteiger partial charge < -0.3 is 29.4 Å². The van der Waals surface area contributed by atoms with E-state index in [-0.39, 0.29) is 12.8 Å². The first-order chi connectivity index (χ1) is 14.2. The number of aliphatic hydroxyl groups excluding tert-OH is 2. The number of hydrogen-bond donors (Lipinski definition) is 2. The maximum atomic E-state index is 10.8. The second kappa shape index (κ2) is 8.04. The van der Waals surface area contributed by atoms with Crippen molar-refractivity contribution in [1.82, 2.24) is 0 Å². The molecule has 162 valence electrons.